The van der Waals surface area contributed by atoms with Crippen LogP contribution in [0.4, 0.5) is 4.79 Å². The molecular weight excluding hydrogens is 178 g/mol. The van der Waals surface area contributed by atoms with E-state index in [-0.39, 0.29) is 0 Å². The molecule has 3 nitrogen and oxygen atoms in total. The van der Waals surface area contributed by atoms with Gasteiger partial charge >= 0.3 is 6.09 Å². The summed E-state index contributed by atoms with van der Waals surface area (Å²) in [6.07, 6.45) is 5.22. The highest BCUT2D eigenvalue weighted by molar-refractivity contribution is 5.68. The molecule has 0 atom stereocenters. The van der Waals surface area contributed by atoms with Crippen molar-refractivity contribution in [3.63, 3.8) is 0 Å². The first-order valence-corrected chi connectivity index (χ1v) is 4.61. The quantitative estimate of drug-likeness (QED) is 0.690. The topological polar surface area (TPSA) is 38.3 Å². The zero-order valence-electron chi connectivity index (χ0n) is 9.60. The first-order valence-electron chi connectivity index (χ1n) is 4.61. The van der Waals surface area contributed by atoms with E-state index in [1.807, 2.05) is 34.6 Å². The summed E-state index contributed by atoms with van der Waals surface area (Å²) in [5.41, 5.74) is -0.895. The Labute approximate surface area is 86.2 Å². The van der Waals surface area contributed by atoms with E-state index in [1.165, 1.54) is 0 Å². The number of ether oxygens (including phenoxy) is 1. The lowest BCUT2D eigenvalue weighted by atomic mass is 10.0. The Morgan fingerprint density at radius 3 is 2.21 bits per heavy atom. The monoisotopic (exact) mass is 197 g/mol. The SMILES string of the molecule is C#CCC(C)(C)NC(=O)OC(C)(C)C. The van der Waals surface area contributed by atoms with Gasteiger partial charge in [-0.15, -0.1) is 12.3 Å². The van der Waals surface area contributed by atoms with Crippen LogP contribution in [0.5, 0.6) is 0 Å². The highest BCUT2D eigenvalue weighted by Crippen LogP contribution is 2.11. The first kappa shape index (κ1) is 12.8. The lowest BCUT2D eigenvalue weighted by Crippen LogP contribution is -2.45. The van der Waals surface area contributed by atoms with E-state index in [1.54, 1.807) is 0 Å². The van der Waals surface area contributed by atoms with Gasteiger partial charge in [0.05, 0.1) is 0 Å². The van der Waals surface area contributed by atoms with Gasteiger partial charge in [-0.2, -0.15) is 0 Å². The minimum Gasteiger partial charge on any atom is -0.444 e. The van der Waals surface area contributed by atoms with Gasteiger partial charge in [-0.25, -0.2) is 4.79 Å². The first-order chi connectivity index (χ1) is 6.16. The Kier molecular flexibility index (Phi) is 4.00. The Balaban J connectivity index is 4.14. The van der Waals surface area contributed by atoms with Gasteiger partial charge in [0.15, 0.2) is 0 Å². The molecule has 0 aromatic rings. The van der Waals surface area contributed by atoms with Crippen molar-refractivity contribution in [1.29, 1.82) is 0 Å². The maximum Gasteiger partial charge on any atom is 0.408 e. The highest BCUT2D eigenvalue weighted by atomic mass is 16.6. The summed E-state index contributed by atoms with van der Waals surface area (Å²) in [6, 6.07) is 0. The Hall–Kier alpha value is -1.17. The van der Waals surface area contributed by atoms with Crippen LogP contribution in [-0.4, -0.2) is 17.2 Å². The van der Waals surface area contributed by atoms with Crippen LogP contribution < -0.4 is 5.32 Å². The minimum atomic E-state index is -0.476. The van der Waals surface area contributed by atoms with Crippen LogP contribution in [0.2, 0.25) is 0 Å². The molecule has 0 saturated heterocycles. The molecule has 1 N–H and O–H groups in total. The summed E-state index contributed by atoms with van der Waals surface area (Å²) >= 11 is 0. The van der Waals surface area contributed by atoms with Crippen molar-refractivity contribution in [2.45, 2.75) is 52.2 Å². The van der Waals surface area contributed by atoms with E-state index in [0.717, 1.165) is 0 Å². The minimum absolute atomic E-state index is 0.420. The van der Waals surface area contributed by atoms with Crippen molar-refractivity contribution in [3.05, 3.63) is 0 Å². The largest absolute Gasteiger partial charge is 0.444 e. The van der Waals surface area contributed by atoms with Crippen LogP contribution >= 0.6 is 0 Å². The number of carbonyl (C=O) groups excluding carboxylic acids is 1. The van der Waals surface area contributed by atoms with E-state index < -0.39 is 17.2 Å². The van der Waals surface area contributed by atoms with Crippen LogP contribution in [0.25, 0.3) is 0 Å². The second-order valence-corrected chi connectivity index (χ2v) is 4.89. The average Bonchev–Trinajstić information content (AvgIpc) is 1.78. The lowest BCUT2D eigenvalue weighted by molar-refractivity contribution is 0.0474. The molecule has 0 fully saturated rings. The van der Waals surface area contributed by atoms with Crippen LogP contribution in [0.15, 0.2) is 0 Å². The molecule has 0 heterocycles. The molecule has 0 aromatic carbocycles. The molecule has 0 spiro atoms. The van der Waals surface area contributed by atoms with Crippen molar-refractivity contribution < 1.29 is 9.53 Å². The van der Waals surface area contributed by atoms with Gasteiger partial charge in [0.2, 0.25) is 0 Å². The molecule has 0 aliphatic rings. The molecule has 0 aliphatic carbocycles. The molecule has 0 radical (unpaired) electrons. The molecule has 0 aromatic heterocycles. The predicted octanol–water partition coefficient (Wildman–Crippen LogP) is 2.31. The number of alkyl carbamates (subject to hydrolysis) is 1. The van der Waals surface area contributed by atoms with Gasteiger partial charge < -0.3 is 10.1 Å². The predicted molar refractivity (Wildman–Crippen MR) is 56.9 cm³/mol. The fourth-order valence-corrected chi connectivity index (χ4v) is 0.879. The van der Waals surface area contributed by atoms with E-state index in [4.69, 9.17) is 11.2 Å². The second-order valence-electron chi connectivity index (χ2n) is 4.89. The fourth-order valence-electron chi connectivity index (χ4n) is 0.879. The van der Waals surface area contributed by atoms with E-state index in [2.05, 4.69) is 11.2 Å². The van der Waals surface area contributed by atoms with Crippen LogP contribution in [0.3, 0.4) is 0 Å². The third-order valence-electron chi connectivity index (χ3n) is 1.38. The van der Waals surface area contributed by atoms with E-state index >= 15 is 0 Å². The van der Waals surface area contributed by atoms with Gasteiger partial charge in [0.1, 0.15) is 5.60 Å². The zero-order valence-corrected chi connectivity index (χ0v) is 9.60. The van der Waals surface area contributed by atoms with Gasteiger partial charge in [-0.1, -0.05) is 0 Å². The third-order valence-corrected chi connectivity index (χ3v) is 1.38. The Morgan fingerprint density at radius 1 is 1.36 bits per heavy atom. The van der Waals surface area contributed by atoms with Gasteiger partial charge in [-0.05, 0) is 34.6 Å². The molecule has 0 aliphatic heterocycles. The molecule has 14 heavy (non-hydrogen) atoms. The van der Waals surface area contributed by atoms with Crippen molar-refractivity contribution in [2.24, 2.45) is 0 Å². The lowest BCUT2D eigenvalue weighted by Gasteiger charge is -2.27. The summed E-state index contributed by atoms with van der Waals surface area (Å²) in [7, 11) is 0. The van der Waals surface area contributed by atoms with Crippen molar-refractivity contribution in [2.75, 3.05) is 0 Å². The summed E-state index contributed by atoms with van der Waals surface area (Å²) in [5.74, 6) is 2.51. The summed E-state index contributed by atoms with van der Waals surface area (Å²) in [4.78, 5) is 11.3. The van der Waals surface area contributed by atoms with Crippen molar-refractivity contribution >= 4 is 6.09 Å². The van der Waals surface area contributed by atoms with Crippen molar-refractivity contribution in [1.82, 2.24) is 5.32 Å². The summed E-state index contributed by atoms with van der Waals surface area (Å²) < 4.78 is 5.10. The maximum absolute atomic E-state index is 11.3. The smallest absolute Gasteiger partial charge is 0.408 e. The highest BCUT2D eigenvalue weighted by Gasteiger charge is 2.23. The molecule has 1 amide bonds. The summed E-state index contributed by atoms with van der Waals surface area (Å²) in [6.45, 7) is 9.18. The average molecular weight is 197 g/mol. The maximum atomic E-state index is 11.3. The summed E-state index contributed by atoms with van der Waals surface area (Å²) in [5, 5.41) is 2.71. The number of hydrogen-bond acceptors (Lipinski definition) is 2. The zero-order chi connectivity index (χ0) is 11.4. The van der Waals surface area contributed by atoms with E-state index in [0.29, 0.717) is 6.42 Å². The third kappa shape index (κ3) is 6.36. The molecule has 0 rings (SSSR count). The number of rotatable bonds is 2. The molecule has 0 saturated carbocycles. The van der Waals surface area contributed by atoms with Crippen LogP contribution in [0.1, 0.15) is 41.0 Å². The number of hydrogen-bond donors (Lipinski definition) is 1. The standard InChI is InChI=1S/C11H19NO2/c1-7-8-11(5,6)12-9(13)14-10(2,3)4/h1H,8H2,2-6H3,(H,12,13). The van der Waals surface area contributed by atoms with E-state index in [9.17, 15) is 4.79 Å². The van der Waals surface area contributed by atoms with Crippen molar-refractivity contribution in [3.8, 4) is 12.3 Å². The number of amides is 1. The van der Waals surface area contributed by atoms with Crippen LogP contribution in [0, 0.1) is 12.3 Å². The molecule has 0 unspecified atom stereocenters. The van der Waals surface area contributed by atoms with Crippen LogP contribution in [-0.2, 0) is 4.74 Å². The molecular formula is C11H19NO2. The number of nitrogens with one attached hydrogen (secondary N) is 1. The number of carbonyl (C=O) groups is 1. The fraction of sp³-hybridized carbons (Fsp3) is 0.727. The Bertz CT molecular complexity index is 243. The van der Waals surface area contributed by atoms with Gasteiger partial charge in [-0.3, -0.25) is 0 Å². The molecule has 0 bridgehead atoms. The molecule has 3 heteroatoms. The van der Waals surface area contributed by atoms with Gasteiger partial charge in [0.25, 0.3) is 0 Å². The van der Waals surface area contributed by atoms with Gasteiger partial charge in [0, 0.05) is 12.0 Å². The Morgan fingerprint density at radius 2 is 1.86 bits per heavy atom. The normalized spacial score (nSPS) is 11.7. The second kappa shape index (κ2) is 4.36. The number of terminal acetylenes is 1. The molecule has 80 valence electrons.